The Bertz CT molecular complexity index is 1910. The van der Waals surface area contributed by atoms with Crippen LogP contribution in [0, 0.1) is 25.8 Å². The Labute approximate surface area is 287 Å². The van der Waals surface area contributed by atoms with E-state index < -0.39 is 23.6 Å². The Balaban J connectivity index is 0.000000380. The van der Waals surface area contributed by atoms with E-state index in [-0.39, 0.29) is 31.6 Å². The quantitative estimate of drug-likeness (QED) is 0.0830. The van der Waals surface area contributed by atoms with E-state index in [1.165, 1.54) is 61.5 Å². The molecular weight excluding hydrogens is 784 g/mol. The number of carbonyl (C=O) groups is 1. The molecule has 0 amide bonds. The fourth-order valence-electron chi connectivity index (χ4n) is 5.40. The second-order valence-corrected chi connectivity index (χ2v) is 14.3. The van der Waals surface area contributed by atoms with Gasteiger partial charge in [0.15, 0.2) is 0 Å². The van der Waals surface area contributed by atoms with E-state index in [0.717, 1.165) is 17.7 Å². The van der Waals surface area contributed by atoms with Crippen LogP contribution in [0.4, 0.5) is 13.2 Å². The Kier molecular flexibility index (Phi) is 11.5. The monoisotopic (exact) mass is 825 g/mol. The predicted molar refractivity (Wildman–Crippen MR) is 182 cm³/mol. The van der Waals surface area contributed by atoms with E-state index >= 15 is 0 Å². The molecule has 3 aromatic carbocycles. The largest absolute Gasteiger partial charge is 0.512 e. The maximum Gasteiger partial charge on any atom is 0.454 e. The number of alkyl halides is 3. The zero-order valence-electron chi connectivity index (χ0n) is 27.3. The molecule has 2 heterocycles. The second kappa shape index (κ2) is 14.2. The summed E-state index contributed by atoms with van der Waals surface area (Å²) in [6.45, 7) is 18.9. The van der Waals surface area contributed by atoms with E-state index in [1.54, 1.807) is 0 Å². The van der Waals surface area contributed by atoms with Gasteiger partial charge in [0.2, 0.25) is 0 Å². The first-order chi connectivity index (χ1) is 20.9. The molecule has 0 aliphatic rings. The molecule has 0 atom stereocenters. The normalized spacial score (nSPS) is 12.5. The van der Waals surface area contributed by atoms with Gasteiger partial charge in [0.25, 0.3) is 5.78 Å². The minimum absolute atomic E-state index is 0. The summed E-state index contributed by atoms with van der Waals surface area (Å²) in [6.07, 6.45) is -1.50. The number of aliphatic hydroxyl groups excluding tert-OH is 1. The van der Waals surface area contributed by atoms with Gasteiger partial charge in [-0.15, -0.1) is 34.4 Å². The zero-order valence-corrected chi connectivity index (χ0v) is 30.5. The van der Waals surface area contributed by atoms with Crippen molar-refractivity contribution in [3.8, 4) is 11.3 Å². The van der Waals surface area contributed by atoms with Crippen LogP contribution in [-0.4, -0.2) is 17.1 Å². The van der Waals surface area contributed by atoms with Crippen molar-refractivity contribution in [2.24, 2.45) is 11.8 Å². The van der Waals surface area contributed by atoms with Gasteiger partial charge < -0.3 is 9.67 Å². The molecule has 1 radical (unpaired) electrons. The third kappa shape index (κ3) is 7.96. The number of aromatic nitrogens is 1. The van der Waals surface area contributed by atoms with Crippen molar-refractivity contribution in [3.05, 3.63) is 103 Å². The fraction of sp³-hybridized carbons (Fsp3) is 0.316. The van der Waals surface area contributed by atoms with Gasteiger partial charge in [-0.25, -0.2) is 0 Å². The maximum absolute atomic E-state index is 11.6. The second-order valence-electron chi connectivity index (χ2n) is 13.2. The van der Waals surface area contributed by atoms with Gasteiger partial charge in [-0.1, -0.05) is 89.7 Å². The number of halogens is 3. The summed E-state index contributed by atoms with van der Waals surface area (Å²) in [5.41, 5.74) is 6.17. The fourth-order valence-corrected chi connectivity index (χ4v) is 6.73. The average molecular weight is 825 g/mol. The summed E-state index contributed by atoms with van der Waals surface area (Å²) < 4.78 is 39.4. The molecule has 46 heavy (non-hydrogen) atoms. The number of ketones is 1. The van der Waals surface area contributed by atoms with E-state index in [1.807, 2.05) is 15.9 Å². The van der Waals surface area contributed by atoms with Crippen molar-refractivity contribution >= 4 is 48.1 Å². The molecule has 3 nitrogen and oxygen atoms in total. The summed E-state index contributed by atoms with van der Waals surface area (Å²) in [6, 6.07) is 20.2. The van der Waals surface area contributed by atoms with Crippen LogP contribution in [-0.2, 0) is 36.7 Å². The van der Waals surface area contributed by atoms with E-state index in [4.69, 9.17) is 5.11 Å². The molecule has 5 rings (SSSR count). The van der Waals surface area contributed by atoms with Crippen LogP contribution < -0.4 is 4.57 Å². The van der Waals surface area contributed by atoms with Crippen LogP contribution in [0.15, 0.2) is 72.6 Å². The standard InChI is InChI=1S/C31H32NS.C7H9F3O2.Ir/c1-19(2)16-21-12-13-24-25-14-15-32(7)29(30(25)33-28(24)17-21)26-18-27(31(4,5)6)23-11-9-8-10-22(23)20(26)3;1-4(2)5(11)3-6(12)7(8,9)10;/h8-15,17-19H,3,7,16H2,1-2,4-6H3;3-4,11H,1-2H3;/q-1;;/b;5-3-;. The molecule has 0 unspecified atom stereocenters. The van der Waals surface area contributed by atoms with Crippen molar-refractivity contribution in [1.82, 2.24) is 0 Å². The smallest absolute Gasteiger partial charge is 0.454 e. The van der Waals surface area contributed by atoms with Crippen molar-refractivity contribution in [3.63, 3.8) is 0 Å². The third-order valence-corrected chi connectivity index (χ3v) is 8.90. The number of allylic oxidation sites excluding steroid dienone is 2. The van der Waals surface area contributed by atoms with Crippen LogP contribution in [0.2, 0.25) is 0 Å². The molecule has 0 aliphatic heterocycles. The molecule has 0 fully saturated rings. The zero-order chi connectivity index (χ0) is 33.4. The van der Waals surface area contributed by atoms with Crippen LogP contribution in [0.5, 0.6) is 0 Å². The van der Waals surface area contributed by atoms with Crippen molar-refractivity contribution in [2.75, 3.05) is 0 Å². The third-order valence-electron chi connectivity index (χ3n) is 7.73. The number of hydrogen-bond donors (Lipinski definition) is 1. The van der Waals surface area contributed by atoms with Crippen LogP contribution in [0.25, 0.3) is 42.2 Å². The molecule has 0 saturated heterocycles. The first-order valence-corrected chi connectivity index (χ1v) is 15.8. The summed E-state index contributed by atoms with van der Waals surface area (Å²) in [5.74, 6) is -2.42. The predicted octanol–water partition coefficient (Wildman–Crippen LogP) is 10.7. The van der Waals surface area contributed by atoms with Crippen LogP contribution in [0.3, 0.4) is 0 Å². The van der Waals surface area contributed by atoms with Gasteiger partial charge in [-0.3, -0.25) is 4.79 Å². The molecule has 247 valence electrons. The first-order valence-electron chi connectivity index (χ1n) is 15.0. The maximum atomic E-state index is 11.6. The molecule has 1 N–H and O–H groups in total. The summed E-state index contributed by atoms with van der Waals surface area (Å²) in [4.78, 5) is 10.2. The van der Waals surface area contributed by atoms with Gasteiger partial charge in [-0.05, 0) is 46.2 Å². The van der Waals surface area contributed by atoms with Crippen LogP contribution >= 0.6 is 11.3 Å². The molecular formula is C38H41F3IrNO2S-. The molecule has 0 spiro atoms. The Hall–Kier alpha value is -3.32. The van der Waals surface area contributed by atoms with Gasteiger partial charge in [0.05, 0.1) is 17.6 Å². The molecule has 0 saturated carbocycles. The van der Waals surface area contributed by atoms with Gasteiger partial charge in [0.1, 0.15) is 0 Å². The molecule has 8 heteroatoms. The minimum atomic E-state index is -4.90. The molecule has 0 aliphatic carbocycles. The van der Waals surface area contributed by atoms with Gasteiger partial charge in [-0.2, -0.15) is 25.7 Å². The number of rotatable bonds is 5. The average Bonchev–Trinajstić information content (AvgIpc) is 3.30. The first kappa shape index (κ1) is 37.1. The summed E-state index contributed by atoms with van der Waals surface area (Å²) in [7, 11) is 4.38. The molecule has 0 bridgehead atoms. The van der Waals surface area contributed by atoms with Crippen molar-refractivity contribution in [2.45, 2.75) is 66.5 Å². The van der Waals surface area contributed by atoms with Crippen LogP contribution in [0.1, 0.15) is 65.2 Å². The number of pyridine rings is 1. The molecule has 5 aromatic rings. The Morgan fingerprint density at radius 3 is 2.15 bits per heavy atom. The van der Waals surface area contributed by atoms with Gasteiger partial charge in [0, 0.05) is 48.5 Å². The van der Waals surface area contributed by atoms with Crippen molar-refractivity contribution < 1.29 is 47.7 Å². The molecule has 2 aromatic heterocycles. The number of carbonyl (C=O) groups excluding carboxylic acids is 1. The number of hydrogen-bond acceptors (Lipinski definition) is 3. The minimum Gasteiger partial charge on any atom is -0.512 e. The van der Waals surface area contributed by atoms with Gasteiger partial charge >= 0.3 is 6.18 Å². The van der Waals surface area contributed by atoms with E-state index in [2.05, 4.69) is 109 Å². The Morgan fingerprint density at radius 2 is 1.59 bits per heavy atom. The summed E-state index contributed by atoms with van der Waals surface area (Å²) >= 11 is 1.88. The SMILES string of the molecule is CC(C)/C(O)=C/C(=O)C(F)(F)F.[CH2-]c1c(-c2c3sc4cc(CC(C)C)ccc4c3cc[n+]2[CH2-])cc(C(C)(C)C)c2ccccc12.[Ir]. The topological polar surface area (TPSA) is 41.2 Å². The summed E-state index contributed by atoms with van der Waals surface area (Å²) in [5, 5.41) is 13.9. The van der Waals surface area contributed by atoms with Crippen molar-refractivity contribution in [1.29, 1.82) is 0 Å². The van der Waals surface area contributed by atoms with E-state index in [0.29, 0.717) is 5.92 Å². The Morgan fingerprint density at radius 1 is 0.957 bits per heavy atom. The number of nitrogens with zero attached hydrogens (tertiary/aromatic N) is 1. The number of benzene rings is 3. The number of thiophene rings is 1. The van der Waals surface area contributed by atoms with E-state index in [9.17, 15) is 18.0 Å². The number of aliphatic hydroxyl groups is 1. The number of fused-ring (bicyclic) bond motifs is 4.